The van der Waals surface area contributed by atoms with Crippen LogP contribution in [0.5, 0.6) is 0 Å². The molecule has 2 aliphatic rings. The topological polar surface area (TPSA) is 67.2 Å². The predicted molar refractivity (Wildman–Crippen MR) is 114 cm³/mol. The fraction of sp³-hybridized carbons (Fsp3) is 0.217. The number of nitrogens with zero attached hydrogens (tertiary/aromatic N) is 2. The van der Waals surface area contributed by atoms with E-state index in [1.165, 1.54) is 16.8 Å². The minimum atomic E-state index is -0.744. The molecule has 0 amide bonds. The minimum absolute atomic E-state index is 0.342. The van der Waals surface area contributed by atoms with Crippen LogP contribution in [0.15, 0.2) is 65.0 Å². The Hall–Kier alpha value is -2.96. The lowest BCUT2D eigenvalue weighted by Crippen LogP contribution is -2.41. The molecule has 1 saturated carbocycles. The first-order valence-electron chi connectivity index (χ1n) is 9.77. The van der Waals surface area contributed by atoms with Crippen LogP contribution in [-0.2, 0) is 0 Å². The van der Waals surface area contributed by atoms with Gasteiger partial charge in [-0.15, -0.1) is 0 Å². The van der Waals surface area contributed by atoms with Gasteiger partial charge in [-0.05, 0) is 54.8 Å². The average Bonchev–Trinajstić information content (AvgIpc) is 3.04. The van der Waals surface area contributed by atoms with Crippen LogP contribution in [-0.4, -0.2) is 27.0 Å². The van der Waals surface area contributed by atoms with Crippen LogP contribution in [0.2, 0.25) is 5.02 Å². The summed E-state index contributed by atoms with van der Waals surface area (Å²) >= 11 is 6.02. The summed E-state index contributed by atoms with van der Waals surface area (Å²) in [6.45, 7) is 0.393. The maximum Gasteiger partial charge on any atom is 0.280 e. The molecule has 30 heavy (non-hydrogen) atoms. The van der Waals surface area contributed by atoms with Crippen molar-refractivity contribution in [1.82, 2.24) is 15.1 Å². The van der Waals surface area contributed by atoms with E-state index in [-0.39, 0.29) is 5.56 Å². The smallest absolute Gasteiger partial charge is 0.280 e. The molecule has 2 heterocycles. The second kappa shape index (κ2) is 7.07. The van der Waals surface area contributed by atoms with Gasteiger partial charge in [-0.25, -0.2) is 4.39 Å². The standard InChI is InChI=1S/C23H19ClFN3O2/c24-16-6-4-14(5-7-16)20-11-19(21-15-8-9-23(30,12-15)13-26-21)22(29)28(27-20)18-3-1-2-17(25)10-18/h1-7,10-11,26,30H,8-9,12-13H2. The number of aromatic nitrogens is 2. The lowest BCUT2D eigenvalue weighted by atomic mass is 9.96. The Morgan fingerprint density at radius 1 is 1.17 bits per heavy atom. The van der Waals surface area contributed by atoms with Gasteiger partial charge in [0.05, 0.1) is 22.5 Å². The molecule has 152 valence electrons. The molecule has 2 aromatic carbocycles. The Bertz CT molecular complexity index is 1240. The van der Waals surface area contributed by atoms with Crippen LogP contribution in [0.3, 0.4) is 0 Å². The number of nitrogens with one attached hydrogen (secondary N) is 1. The van der Waals surface area contributed by atoms with Crippen LogP contribution < -0.4 is 10.9 Å². The highest BCUT2D eigenvalue weighted by Gasteiger charge is 2.39. The molecule has 1 aliphatic carbocycles. The summed E-state index contributed by atoms with van der Waals surface area (Å²) in [7, 11) is 0. The third kappa shape index (κ3) is 3.32. The van der Waals surface area contributed by atoms with E-state index in [0.29, 0.717) is 41.4 Å². The van der Waals surface area contributed by atoms with Crippen molar-refractivity contribution in [1.29, 1.82) is 0 Å². The Labute approximate surface area is 177 Å². The zero-order valence-electron chi connectivity index (χ0n) is 16.0. The van der Waals surface area contributed by atoms with Gasteiger partial charge in [0, 0.05) is 29.2 Å². The summed E-state index contributed by atoms with van der Waals surface area (Å²) in [5, 5.41) is 18.9. The van der Waals surface area contributed by atoms with Gasteiger partial charge in [0.2, 0.25) is 0 Å². The van der Waals surface area contributed by atoms with Crippen molar-refractivity contribution in [3.05, 3.63) is 86.9 Å². The molecule has 5 rings (SSSR count). The highest BCUT2D eigenvalue weighted by Crippen LogP contribution is 2.40. The quantitative estimate of drug-likeness (QED) is 0.670. The molecule has 2 N–H and O–H groups in total. The Kier molecular flexibility index (Phi) is 4.49. The highest BCUT2D eigenvalue weighted by atomic mass is 35.5. The van der Waals surface area contributed by atoms with E-state index in [1.807, 2.05) is 12.1 Å². The number of hydrogen-bond acceptors (Lipinski definition) is 4. The highest BCUT2D eigenvalue weighted by molar-refractivity contribution is 6.30. The number of hydrogen-bond donors (Lipinski definition) is 2. The van der Waals surface area contributed by atoms with E-state index in [9.17, 15) is 14.3 Å². The third-order valence-corrected chi connectivity index (χ3v) is 6.01. The van der Waals surface area contributed by atoms with Crippen molar-refractivity contribution < 1.29 is 9.50 Å². The number of aliphatic hydroxyl groups is 1. The van der Waals surface area contributed by atoms with Gasteiger partial charge in [-0.3, -0.25) is 4.79 Å². The van der Waals surface area contributed by atoms with Gasteiger partial charge in [0.1, 0.15) is 5.82 Å². The number of halogens is 2. The van der Waals surface area contributed by atoms with Crippen LogP contribution in [0, 0.1) is 5.82 Å². The fourth-order valence-electron chi connectivity index (χ4n) is 4.20. The molecule has 1 unspecified atom stereocenters. The second-order valence-corrected chi connectivity index (χ2v) is 8.32. The van der Waals surface area contributed by atoms with Crippen LogP contribution in [0.25, 0.3) is 22.6 Å². The molecule has 3 aromatic rings. The van der Waals surface area contributed by atoms with Crippen LogP contribution in [0.4, 0.5) is 4.39 Å². The van der Waals surface area contributed by atoms with E-state index in [0.717, 1.165) is 23.3 Å². The lowest BCUT2D eigenvalue weighted by Gasteiger charge is -2.28. The molecule has 2 bridgehead atoms. The van der Waals surface area contributed by atoms with E-state index < -0.39 is 11.4 Å². The normalized spacial score (nSPS) is 20.4. The molecule has 1 fully saturated rings. The summed E-state index contributed by atoms with van der Waals surface area (Å²) in [5.74, 6) is -0.446. The van der Waals surface area contributed by atoms with Crippen molar-refractivity contribution in [2.75, 3.05) is 6.54 Å². The summed E-state index contributed by atoms with van der Waals surface area (Å²) < 4.78 is 15.1. The molecule has 0 radical (unpaired) electrons. The number of rotatable bonds is 3. The SMILES string of the molecule is O=c1c(C2=C3CCC(O)(CN2)C3)cc(-c2ccc(Cl)cc2)nn1-c1cccc(F)c1. The number of benzene rings is 2. The van der Waals surface area contributed by atoms with E-state index >= 15 is 0 Å². The van der Waals surface area contributed by atoms with Gasteiger partial charge in [0.25, 0.3) is 5.56 Å². The Morgan fingerprint density at radius 3 is 2.73 bits per heavy atom. The van der Waals surface area contributed by atoms with Gasteiger partial charge in [-0.1, -0.05) is 29.8 Å². The van der Waals surface area contributed by atoms with Crippen LogP contribution in [0.1, 0.15) is 24.8 Å². The van der Waals surface area contributed by atoms with E-state index in [2.05, 4.69) is 10.4 Å². The van der Waals surface area contributed by atoms with Gasteiger partial charge in [-0.2, -0.15) is 9.78 Å². The maximum absolute atomic E-state index is 13.9. The van der Waals surface area contributed by atoms with Crippen LogP contribution >= 0.6 is 11.6 Å². The molecule has 0 saturated heterocycles. The fourth-order valence-corrected chi connectivity index (χ4v) is 4.33. The van der Waals surface area contributed by atoms with Crippen molar-refractivity contribution in [2.45, 2.75) is 24.9 Å². The maximum atomic E-state index is 13.9. The molecular formula is C23H19ClFN3O2. The van der Waals surface area contributed by atoms with E-state index in [1.54, 1.807) is 30.3 Å². The molecule has 1 atom stereocenters. The summed E-state index contributed by atoms with van der Waals surface area (Å²) in [5.41, 5.74) is 2.84. The molecule has 7 heteroatoms. The number of fused-ring (bicyclic) bond motifs is 2. The van der Waals surface area contributed by atoms with Crippen molar-refractivity contribution in [2.24, 2.45) is 0 Å². The summed E-state index contributed by atoms with van der Waals surface area (Å²) in [6.07, 6.45) is 1.95. The summed E-state index contributed by atoms with van der Waals surface area (Å²) in [4.78, 5) is 13.4. The molecular weight excluding hydrogens is 405 g/mol. The second-order valence-electron chi connectivity index (χ2n) is 7.88. The minimum Gasteiger partial charge on any atom is -0.388 e. The largest absolute Gasteiger partial charge is 0.388 e. The zero-order chi connectivity index (χ0) is 20.9. The lowest BCUT2D eigenvalue weighted by molar-refractivity contribution is 0.0524. The van der Waals surface area contributed by atoms with Crippen molar-refractivity contribution >= 4 is 17.3 Å². The predicted octanol–water partition coefficient (Wildman–Crippen LogP) is 3.92. The first-order chi connectivity index (χ1) is 14.4. The first kappa shape index (κ1) is 19.0. The number of β-amino-alcohol motifs (C(OH)–C–C–N with tert-alkyl or cyclic N) is 1. The van der Waals surface area contributed by atoms with Gasteiger partial charge >= 0.3 is 0 Å². The average molecular weight is 424 g/mol. The van der Waals surface area contributed by atoms with Crippen molar-refractivity contribution in [3.63, 3.8) is 0 Å². The first-order valence-corrected chi connectivity index (χ1v) is 10.1. The molecule has 1 aliphatic heterocycles. The Balaban J connectivity index is 1.74. The summed E-state index contributed by atoms with van der Waals surface area (Å²) in [6, 6.07) is 14.7. The molecule has 1 aromatic heterocycles. The molecule has 0 spiro atoms. The Morgan fingerprint density at radius 2 is 1.97 bits per heavy atom. The van der Waals surface area contributed by atoms with Crippen molar-refractivity contribution in [3.8, 4) is 16.9 Å². The zero-order valence-corrected chi connectivity index (χ0v) is 16.8. The molecule has 5 nitrogen and oxygen atoms in total. The third-order valence-electron chi connectivity index (χ3n) is 5.76. The van der Waals surface area contributed by atoms with E-state index in [4.69, 9.17) is 11.6 Å². The van der Waals surface area contributed by atoms with Gasteiger partial charge < -0.3 is 10.4 Å². The monoisotopic (exact) mass is 423 g/mol. The van der Waals surface area contributed by atoms with Gasteiger partial charge in [0.15, 0.2) is 0 Å².